The summed E-state index contributed by atoms with van der Waals surface area (Å²) in [6.07, 6.45) is 28.4. The maximum Gasteiger partial charge on any atom is 0.508 e. The normalized spacial score (nSPS) is 12.1. The monoisotopic (exact) mass is 700 g/mol. The zero-order valence-corrected chi connectivity index (χ0v) is 33.1. The van der Waals surface area contributed by atoms with Gasteiger partial charge in [0.25, 0.3) is 0 Å². The minimum absolute atomic E-state index is 0.219. The summed E-state index contributed by atoms with van der Waals surface area (Å²) in [5.41, 5.74) is 0. The summed E-state index contributed by atoms with van der Waals surface area (Å²) in [6, 6.07) is 0. The molecule has 0 amide bonds. The molecule has 0 aliphatic rings. The molecule has 0 aromatic carbocycles. The molecule has 1 atom stereocenters. The molecule has 0 radical (unpaired) electrons. The van der Waals surface area contributed by atoms with Crippen molar-refractivity contribution in [3.63, 3.8) is 0 Å². The number of carbonyl (C=O) groups excluding carboxylic acids is 2. The number of hydrogen-bond donors (Lipinski definition) is 0. The molecule has 0 aliphatic carbocycles. The number of rotatable bonds is 38. The molecule has 0 heterocycles. The third kappa shape index (κ3) is 36.2. The molecular weight excluding hydrogens is 618 g/mol. The molecule has 49 heavy (non-hydrogen) atoms. The van der Waals surface area contributed by atoms with E-state index in [1.54, 1.807) is 0 Å². The van der Waals surface area contributed by atoms with Crippen LogP contribution in [0.15, 0.2) is 0 Å². The third-order valence-electron chi connectivity index (χ3n) is 9.00. The second-order valence-electron chi connectivity index (χ2n) is 14.2. The van der Waals surface area contributed by atoms with Crippen LogP contribution in [0.25, 0.3) is 0 Å². The van der Waals surface area contributed by atoms with Gasteiger partial charge in [-0.05, 0) is 46.2 Å². The molecule has 8 nitrogen and oxygen atoms in total. The Morgan fingerprint density at radius 3 is 1.45 bits per heavy atom. The van der Waals surface area contributed by atoms with E-state index in [0.29, 0.717) is 32.7 Å². The van der Waals surface area contributed by atoms with Crippen molar-refractivity contribution in [2.45, 2.75) is 207 Å². The molecule has 1 unspecified atom stereocenters. The van der Waals surface area contributed by atoms with Gasteiger partial charge < -0.3 is 28.6 Å². The topological polar surface area (TPSA) is 83.5 Å². The molecule has 292 valence electrons. The molecule has 8 heteroatoms. The molecular formula is C41H81NO7. The summed E-state index contributed by atoms with van der Waals surface area (Å²) in [6.45, 7) is 9.44. The first-order valence-corrected chi connectivity index (χ1v) is 20.8. The molecule has 0 spiro atoms. The lowest BCUT2D eigenvalue weighted by Gasteiger charge is -2.19. The Kier molecular flexibility index (Phi) is 36.8. The maximum atomic E-state index is 12.7. The van der Waals surface area contributed by atoms with Gasteiger partial charge in [-0.1, -0.05) is 143 Å². The molecule has 0 aliphatic heterocycles. The first kappa shape index (κ1) is 47.6. The van der Waals surface area contributed by atoms with E-state index in [9.17, 15) is 9.59 Å². The van der Waals surface area contributed by atoms with E-state index < -0.39 is 6.16 Å². The molecule has 0 aromatic rings. The number of carbonyl (C=O) groups is 2. The fraction of sp³-hybridized carbons (Fsp3) is 0.951. The molecule has 0 fully saturated rings. The summed E-state index contributed by atoms with van der Waals surface area (Å²) >= 11 is 0. The Balaban J connectivity index is 4.63. The first-order chi connectivity index (χ1) is 23.9. The molecule has 0 N–H and O–H groups in total. The molecule has 0 saturated carbocycles. The summed E-state index contributed by atoms with van der Waals surface area (Å²) in [7, 11) is 3.99. The van der Waals surface area contributed by atoms with Crippen LogP contribution in [0.1, 0.15) is 194 Å². The van der Waals surface area contributed by atoms with Gasteiger partial charge in [0.15, 0.2) is 6.29 Å². The van der Waals surface area contributed by atoms with Crippen molar-refractivity contribution in [2.75, 3.05) is 47.1 Å². The predicted molar refractivity (Wildman–Crippen MR) is 203 cm³/mol. The molecule has 0 saturated heterocycles. The van der Waals surface area contributed by atoms with Crippen molar-refractivity contribution < 1.29 is 33.3 Å². The fourth-order valence-electron chi connectivity index (χ4n) is 5.85. The van der Waals surface area contributed by atoms with Crippen LogP contribution < -0.4 is 0 Å². The number of hydrogen-bond acceptors (Lipinski definition) is 8. The van der Waals surface area contributed by atoms with E-state index in [4.69, 9.17) is 23.7 Å². The second kappa shape index (κ2) is 37.9. The van der Waals surface area contributed by atoms with Gasteiger partial charge in [-0.2, -0.15) is 0 Å². The maximum absolute atomic E-state index is 12.7. The zero-order chi connectivity index (χ0) is 36.0. The van der Waals surface area contributed by atoms with Gasteiger partial charge in [-0.25, -0.2) is 4.79 Å². The van der Waals surface area contributed by atoms with E-state index in [1.165, 1.54) is 103 Å². The highest BCUT2D eigenvalue weighted by Gasteiger charge is 2.18. The first-order valence-electron chi connectivity index (χ1n) is 20.8. The Morgan fingerprint density at radius 1 is 0.490 bits per heavy atom. The largest absolute Gasteiger partial charge is 0.508 e. The van der Waals surface area contributed by atoms with E-state index >= 15 is 0 Å². The Hall–Kier alpha value is -1.38. The minimum atomic E-state index is -0.630. The lowest BCUT2D eigenvalue weighted by Crippen LogP contribution is -2.23. The van der Waals surface area contributed by atoms with E-state index in [2.05, 4.69) is 25.7 Å². The summed E-state index contributed by atoms with van der Waals surface area (Å²) in [5, 5.41) is 0. The summed E-state index contributed by atoms with van der Waals surface area (Å²) in [5.74, 6) is -0.264. The Bertz CT molecular complexity index is 687. The Labute approximate surface area is 303 Å². The smallest absolute Gasteiger partial charge is 0.466 e. The van der Waals surface area contributed by atoms with Crippen LogP contribution in [0, 0.1) is 0 Å². The third-order valence-corrected chi connectivity index (χ3v) is 9.00. The highest BCUT2D eigenvalue weighted by molar-refractivity contribution is 5.69. The lowest BCUT2D eigenvalue weighted by atomic mass is 10.0. The van der Waals surface area contributed by atoms with Gasteiger partial charge in [0.05, 0.1) is 19.6 Å². The van der Waals surface area contributed by atoms with Crippen molar-refractivity contribution in [3.8, 4) is 0 Å². The zero-order valence-electron chi connectivity index (χ0n) is 33.1. The summed E-state index contributed by atoms with van der Waals surface area (Å²) < 4.78 is 28.8. The average molecular weight is 700 g/mol. The standard InChI is InChI=1S/C41H81NO7/c1-6-9-12-15-18-19-20-21-22-25-29-38(49-41(44)48-36-28-33-42(4)5)32-37-45-39(43)30-31-40(46-34-26-23-16-13-10-7-2)47-35-27-24-17-14-11-8-3/h38,40H,6-37H2,1-5H3. The fourth-order valence-corrected chi connectivity index (χ4v) is 5.85. The quantitative estimate of drug-likeness (QED) is 0.0358. The molecule has 0 aromatic heterocycles. The second-order valence-corrected chi connectivity index (χ2v) is 14.2. The minimum Gasteiger partial charge on any atom is -0.466 e. The number of unbranched alkanes of at least 4 members (excludes halogenated alkanes) is 19. The number of ether oxygens (including phenoxy) is 5. The number of nitrogens with zero attached hydrogens (tertiary/aromatic N) is 1. The van der Waals surface area contributed by atoms with Crippen LogP contribution in [0.5, 0.6) is 0 Å². The van der Waals surface area contributed by atoms with Crippen LogP contribution in [-0.4, -0.2) is 76.5 Å². The lowest BCUT2D eigenvalue weighted by molar-refractivity contribution is -0.159. The molecule has 0 rings (SSSR count). The van der Waals surface area contributed by atoms with Crippen LogP contribution in [0.2, 0.25) is 0 Å². The number of esters is 1. The van der Waals surface area contributed by atoms with Crippen LogP contribution in [-0.2, 0) is 28.5 Å². The predicted octanol–water partition coefficient (Wildman–Crippen LogP) is 11.6. The van der Waals surface area contributed by atoms with Gasteiger partial charge in [0, 0.05) is 32.6 Å². The van der Waals surface area contributed by atoms with Crippen LogP contribution in [0.4, 0.5) is 4.79 Å². The average Bonchev–Trinajstić information content (AvgIpc) is 3.08. The van der Waals surface area contributed by atoms with Crippen molar-refractivity contribution >= 4 is 12.1 Å². The van der Waals surface area contributed by atoms with E-state index in [-0.39, 0.29) is 31.4 Å². The van der Waals surface area contributed by atoms with Crippen molar-refractivity contribution in [1.82, 2.24) is 4.90 Å². The van der Waals surface area contributed by atoms with Crippen LogP contribution >= 0.6 is 0 Å². The van der Waals surface area contributed by atoms with Crippen molar-refractivity contribution in [1.29, 1.82) is 0 Å². The highest BCUT2D eigenvalue weighted by atomic mass is 16.7. The molecule has 0 bridgehead atoms. The van der Waals surface area contributed by atoms with Gasteiger partial charge >= 0.3 is 12.1 Å². The van der Waals surface area contributed by atoms with Gasteiger partial charge in [0.1, 0.15) is 6.10 Å². The SMILES string of the molecule is CCCCCCCCCCCCC(CCOC(=O)CCC(OCCCCCCCC)OCCCCCCCC)OC(=O)OCCCN(C)C. The van der Waals surface area contributed by atoms with E-state index in [1.807, 2.05) is 14.1 Å². The van der Waals surface area contributed by atoms with E-state index in [0.717, 1.165) is 57.9 Å². The van der Waals surface area contributed by atoms with Gasteiger partial charge in [-0.3, -0.25) is 4.79 Å². The summed E-state index contributed by atoms with van der Waals surface area (Å²) in [4.78, 5) is 27.2. The van der Waals surface area contributed by atoms with Crippen LogP contribution in [0.3, 0.4) is 0 Å². The van der Waals surface area contributed by atoms with Gasteiger partial charge in [0.2, 0.25) is 0 Å². The van der Waals surface area contributed by atoms with Crippen molar-refractivity contribution in [2.24, 2.45) is 0 Å². The Morgan fingerprint density at radius 2 is 0.959 bits per heavy atom. The van der Waals surface area contributed by atoms with Gasteiger partial charge in [-0.15, -0.1) is 0 Å². The van der Waals surface area contributed by atoms with Crippen molar-refractivity contribution in [3.05, 3.63) is 0 Å². The highest BCUT2D eigenvalue weighted by Crippen LogP contribution is 2.16.